The van der Waals surface area contributed by atoms with Crippen LogP contribution in [-0.4, -0.2) is 29.7 Å². The van der Waals surface area contributed by atoms with E-state index in [1.807, 2.05) is 4.90 Å². The van der Waals surface area contributed by atoms with E-state index in [-0.39, 0.29) is 17.1 Å². The van der Waals surface area contributed by atoms with Crippen molar-refractivity contribution in [3.05, 3.63) is 0 Å². The second-order valence-electron chi connectivity index (χ2n) is 6.68. The van der Waals surface area contributed by atoms with Crippen LogP contribution in [0.25, 0.3) is 0 Å². The third kappa shape index (κ3) is 4.49. The van der Waals surface area contributed by atoms with Gasteiger partial charge >= 0.3 is 0 Å². The fraction of sp³-hybridized carbons (Fsp3) is 0.857. The van der Waals surface area contributed by atoms with E-state index in [2.05, 4.69) is 27.7 Å². The van der Waals surface area contributed by atoms with Gasteiger partial charge in [0.1, 0.15) is 5.78 Å². The maximum absolute atomic E-state index is 12.1. The van der Waals surface area contributed by atoms with Gasteiger partial charge in [-0.05, 0) is 24.2 Å². The van der Waals surface area contributed by atoms with Gasteiger partial charge in [0, 0.05) is 25.9 Å². The van der Waals surface area contributed by atoms with Crippen molar-refractivity contribution in [3.8, 4) is 0 Å². The van der Waals surface area contributed by atoms with Crippen LogP contribution in [0.2, 0.25) is 0 Å². The van der Waals surface area contributed by atoms with Crippen LogP contribution in [0.15, 0.2) is 0 Å². The first-order valence-electron chi connectivity index (χ1n) is 6.46. The molecule has 0 radical (unpaired) electrons. The van der Waals surface area contributed by atoms with Gasteiger partial charge in [-0.1, -0.05) is 27.7 Å². The molecule has 0 N–H and O–H groups in total. The van der Waals surface area contributed by atoms with Gasteiger partial charge in [-0.15, -0.1) is 0 Å². The van der Waals surface area contributed by atoms with Gasteiger partial charge < -0.3 is 9.69 Å². The highest BCUT2D eigenvalue weighted by atomic mass is 16.2. The molecule has 0 aromatic carbocycles. The molecule has 3 nitrogen and oxygen atoms in total. The molecule has 0 aromatic heterocycles. The number of likely N-dealkylation sites (tertiary alicyclic amines) is 1. The standard InChI is InChI=1S/C14H25NO2/c1-10-8-15(9-12(10)6-11(2)16)13(17)7-14(3,4)5/h10,12H,6-9H2,1-5H3. The van der Waals surface area contributed by atoms with Crippen LogP contribution in [0.3, 0.4) is 0 Å². The maximum atomic E-state index is 12.1. The topological polar surface area (TPSA) is 37.4 Å². The van der Waals surface area contributed by atoms with Crippen LogP contribution in [0.4, 0.5) is 0 Å². The maximum Gasteiger partial charge on any atom is 0.223 e. The summed E-state index contributed by atoms with van der Waals surface area (Å²) in [6.07, 6.45) is 1.20. The summed E-state index contributed by atoms with van der Waals surface area (Å²) in [6.45, 7) is 11.6. The molecular formula is C14H25NO2. The predicted octanol–water partition coefficient (Wildman–Crippen LogP) is 2.50. The van der Waals surface area contributed by atoms with Gasteiger partial charge in [0.15, 0.2) is 0 Å². The fourth-order valence-corrected chi connectivity index (χ4v) is 2.44. The molecule has 1 aliphatic rings. The molecule has 98 valence electrons. The zero-order valence-electron chi connectivity index (χ0n) is 11.7. The van der Waals surface area contributed by atoms with Crippen LogP contribution in [0, 0.1) is 17.3 Å². The van der Waals surface area contributed by atoms with Crippen molar-refractivity contribution in [2.24, 2.45) is 17.3 Å². The summed E-state index contributed by atoms with van der Waals surface area (Å²) >= 11 is 0. The lowest BCUT2D eigenvalue weighted by Gasteiger charge is -2.23. The number of nitrogens with zero attached hydrogens (tertiary/aromatic N) is 1. The van der Waals surface area contributed by atoms with Gasteiger partial charge in [0.2, 0.25) is 5.91 Å². The van der Waals surface area contributed by atoms with Gasteiger partial charge in [-0.25, -0.2) is 0 Å². The van der Waals surface area contributed by atoms with Gasteiger partial charge in [0.05, 0.1) is 0 Å². The molecule has 2 unspecified atom stereocenters. The third-order valence-corrected chi connectivity index (χ3v) is 3.35. The third-order valence-electron chi connectivity index (χ3n) is 3.35. The fourth-order valence-electron chi connectivity index (χ4n) is 2.44. The van der Waals surface area contributed by atoms with Gasteiger partial charge in [-0.3, -0.25) is 4.79 Å². The second-order valence-corrected chi connectivity index (χ2v) is 6.68. The molecule has 0 spiro atoms. The summed E-state index contributed by atoms with van der Waals surface area (Å²) in [6, 6.07) is 0. The highest BCUT2D eigenvalue weighted by Crippen LogP contribution is 2.28. The van der Waals surface area contributed by atoms with Crippen molar-refractivity contribution in [2.45, 2.75) is 47.5 Å². The lowest BCUT2D eigenvalue weighted by molar-refractivity contribution is -0.132. The number of carbonyl (C=O) groups is 2. The van der Waals surface area contributed by atoms with E-state index in [4.69, 9.17) is 0 Å². The molecule has 1 saturated heterocycles. The molecule has 2 atom stereocenters. The first-order valence-corrected chi connectivity index (χ1v) is 6.46. The van der Waals surface area contributed by atoms with Crippen molar-refractivity contribution >= 4 is 11.7 Å². The van der Waals surface area contributed by atoms with Crippen LogP contribution >= 0.6 is 0 Å². The minimum Gasteiger partial charge on any atom is -0.342 e. The summed E-state index contributed by atoms with van der Waals surface area (Å²) in [5.41, 5.74) is 0.0407. The van der Waals surface area contributed by atoms with E-state index in [0.29, 0.717) is 24.7 Å². The number of carbonyl (C=O) groups excluding carboxylic acids is 2. The minimum absolute atomic E-state index is 0.0407. The SMILES string of the molecule is CC(=O)CC1CN(C(=O)CC(C)(C)C)CC1C. The Hall–Kier alpha value is -0.860. The molecule has 0 saturated carbocycles. The van der Waals surface area contributed by atoms with Crippen LogP contribution in [0.1, 0.15) is 47.5 Å². The predicted molar refractivity (Wildman–Crippen MR) is 68.6 cm³/mol. The minimum atomic E-state index is 0.0407. The van der Waals surface area contributed by atoms with Crippen molar-refractivity contribution in [2.75, 3.05) is 13.1 Å². The Labute approximate surface area is 105 Å². The monoisotopic (exact) mass is 239 g/mol. The smallest absolute Gasteiger partial charge is 0.223 e. The van der Waals surface area contributed by atoms with E-state index in [1.54, 1.807) is 6.92 Å². The molecule has 1 rings (SSSR count). The van der Waals surface area contributed by atoms with E-state index in [1.165, 1.54) is 0 Å². The average Bonchev–Trinajstić information content (AvgIpc) is 2.44. The lowest BCUT2D eigenvalue weighted by atomic mass is 9.91. The van der Waals surface area contributed by atoms with Crippen LogP contribution in [-0.2, 0) is 9.59 Å². The van der Waals surface area contributed by atoms with Gasteiger partial charge in [-0.2, -0.15) is 0 Å². The molecule has 3 heteroatoms. The molecule has 1 fully saturated rings. The first-order chi connectivity index (χ1) is 7.69. The molecule has 1 aliphatic heterocycles. The molecular weight excluding hydrogens is 214 g/mol. The van der Waals surface area contributed by atoms with E-state index >= 15 is 0 Å². The number of rotatable bonds is 3. The summed E-state index contributed by atoms with van der Waals surface area (Å²) in [4.78, 5) is 25.2. The van der Waals surface area contributed by atoms with E-state index < -0.39 is 0 Å². The Morgan fingerprint density at radius 3 is 2.29 bits per heavy atom. The summed E-state index contributed by atoms with van der Waals surface area (Å²) in [5.74, 6) is 1.27. The highest BCUT2D eigenvalue weighted by molar-refractivity contribution is 5.78. The lowest BCUT2D eigenvalue weighted by Crippen LogP contribution is -2.32. The normalized spacial score (nSPS) is 25.1. The summed E-state index contributed by atoms with van der Waals surface area (Å²) < 4.78 is 0. The van der Waals surface area contributed by atoms with Crippen LogP contribution in [0.5, 0.6) is 0 Å². The Bertz CT molecular complexity index is 304. The van der Waals surface area contributed by atoms with E-state index in [9.17, 15) is 9.59 Å². The number of hydrogen-bond donors (Lipinski definition) is 0. The molecule has 0 aliphatic carbocycles. The molecule has 0 bridgehead atoms. The number of ketones is 1. The summed E-state index contributed by atoms with van der Waals surface area (Å²) in [7, 11) is 0. The Kier molecular flexibility index (Phi) is 4.34. The quantitative estimate of drug-likeness (QED) is 0.759. The number of hydrogen-bond acceptors (Lipinski definition) is 2. The second kappa shape index (κ2) is 5.19. The highest BCUT2D eigenvalue weighted by Gasteiger charge is 2.33. The molecule has 0 aromatic rings. The van der Waals surface area contributed by atoms with Crippen LogP contribution < -0.4 is 0 Å². The van der Waals surface area contributed by atoms with Crippen molar-refractivity contribution in [1.82, 2.24) is 4.90 Å². The van der Waals surface area contributed by atoms with Crippen molar-refractivity contribution in [1.29, 1.82) is 0 Å². The van der Waals surface area contributed by atoms with Crippen molar-refractivity contribution in [3.63, 3.8) is 0 Å². The van der Waals surface area contributed by atoms with Gasteiger partial charge in [0.25, 0.3) is 0 Å². The average molecular weight is 239 g/mol. The number of Topliss-reactive ketones (excluding diaryl/α,β-unsaturated/α-hetero) is 1. The molecule has 1 heterocycles. The molecule has 1 amide bonds. The largest absolute Gasteiger partial charge is 0.342 e. The Balaban J connectivity index is 2.53. The molecule has 17 heavy (non-hydrogen) atoms. The van der Waals surface area contributed by atoms with E-state index in [0.717, 1.165) is 13.1 Å². The Morgan fingerprint density at radius 2 is 1.82 bits per heavy atom. The summed E-state index contributed by atoms with van der Waals surface area (Å²) in [5, 5.41) is 0. The number of amides is 1. The zero-order valence-corrected chi connectivity index (χ0v) is 11.7. The zero-order chi connectivity index (χ0) is 13.2. The first kappa shape index (κ1) is 14.2. The van der Waals surface area contributed by atoms with Crippen molar-refractivity contribution < 1.29 is 9.59 Å². The Morgan fingerprint density at radius 1 is 1.24 bits per heavy atom.